The lowest BCUT2D eigenvalue weighted by molar-refractivity contribution is -0.385. The number of hydrogen-bond donors (Lipinski definition) is 0. The summed E-state index contributed by atoms with van der Waals surface area (Å²) in [5.74, 6) is 0.670. The van der Waals surface area contributed by atoms with Gasteiger partial charge in [-0.3, -0.25) is 14.9 Å². The van der Waals surface area contributed by atoms with Gasteiger partial charge in [0.1, 0.15) is 11.5 Å². The summed E-state index contributed by atoms with van der Waals surface area (Å²) in [4.78, 5) is 21.5. The molecular formula is C14H10ClNO5. The van der Waals surface area contributed by atoms with E-state index in [1.807, 2.05) is 0 Å². The summed E-state index contributed by atoms with van der Waals surface area (Å²) in [6, 6.07) is 8.59. The van der Waals surface area contributed by atoms with Crippen LogP contribution in [-0.4, -0.2) is 18.3 Å². The Morgan fingerprint density at radius 3 is 2.52 bits per heavy atom. The predicted octanol–water partition coefficient (Wildman–Crippen LogP) is 3.86. The summed E-state index contributed by atoms with van der Waals surface area (Å²) in [5.41, 5.74) is -0.0613. The van der Waals surface area contributed by atoms with Gasteiger partial charge >= 0.3 is 5.69 Å². The number of aldehydes is 1. The summed E-state index contributed by atoms with van der Waals surface area (Å²) in [5, 5.41) is 11.2. The van der Waals surface area contributed by atoms with Crippen LogP contribution in [0.25, 0.3) is 0 Å². The van der Waals surface area contributed by atoms with E-state index in [4.69, 9.17) is 21.1 Å². The smallest absolute Gasteiger partial charge is 0.313 e. The van der Waals surface area contributed by atoms with E-state index in [0.717, 1.165) is 0 Å². The zero-order valence-electron chi connectivity index (χ0n) is 10.9. The van der Waals surface area contributed by atoms with E-state index in [9.17, 15) is 14.9 Å². The fourth-order valence-electron chi connectivity index (χ4n) is 1.68. The number of benzene rings is 2. The molecule has 0 aliphatic rings. The quantitative estimate of drug-likeness (QED) is 0.476. The molecule has 7 heteroatoms. The summed E-state index contributed by atoms with van der Waals surface area (Å²) in [6.07, 6.45) is 0.583. The standard InChI is InChI=1S/C14H10ClNO5/c1-20-11-3-5-13(9(6-11)8-17)21-14-4-2-10(15)7-12(14)16(18)19/h2-8H,1H3. The second kappa shape index (κ2) is 6.23. The minimum Gasteiger partial charge on any atom is -0.497 e. The molecule has 2 aromatic rings. The first-order valence-electron chi connectivity index (χ1n) is 5.80. The predicted molar refractivity (Wildman–Crippen MR) is 76.6 cm³/mol. The Balaban J connectivity index is 2.43. The van der Waals surface area contributed by atoms with Gasteiger partial charge in [0.15, 0.2) is 6.29 Å². The first-order valence-corrected chi connectivity index (χ1v) is 6.18. The summed E-state index contributed by atoms with van der Waals surface area (Å²) >= 11 is 5.73. The van der Waals surface area contributed by atoms with Crippen LogP contribution in [0.2, 0.25) is 5.02 Å². The second-order valence-corrected chi connectivity index (χ2v) is 4.43. The van der Waals surface area contributed by atoms with Crippen LogP contribution in [0.1, 0.15) is 10.4 Å². The zero-order valence-corrected chi connectivity index (χ0v) is 11.7. The highest BCUT2D eigenvalue weighted by atomic mass is 35.5. The van der Waals surface area contributed by atoms with Crippen LogP contribution < -0.4 is 9.47 Å². The van der Waals surface area contributed by atoms with Gasteiger partial charge in [-0.25, -0.2) is 0 Å². The fourth-order valence-corrected chi connectivity index (χ4v) is 1.84. The molecule has 0 spiro atoms. The maximum Gasteiger partial charge on any atom is 0.313 e. The molecule has 0 heterocycles. The molecule has 0 fully saturated rings. The third-order valence-corrected chi connectivity index (χ3v) is 2.92. The van der Waals surface area contributed by atoms with Gasteiger partial charge < -0.3 is 9.47 Å². The van der Waals surface area contributed by atoms with Gasteiger partial charge in [0.25, 0.3) is 0 Å². The molecule has 0 saturated heterocycles. The topological polar surface area (TPSA) is 78.7 Å². The van der Waals surface area contributed by atoms with Crippen LogP contribution in [0, 0.1) is 10.1 Å². The van der Waals surface area contributed by atoms with E-state index >= 15 is 0 Å². The Hall–Kier alpha value is -2.60. The second-order valence-electron chi connectivity index (χ2n) is 3.99. The van der Waals surface area contributed by atoms with E-state index in [-0.39, 0.29) is 27.8 Å². The lowest BCUT2D eigenvalue weighted by atomic mass is 10.2. The summed E-state index contributed by atoms with van der Waals surface area (Å²) in [7, 11) is 1.47. The molecule has 0 aromatic heterocycles. The van der Waals surface area contributed by atoms with Gasteiger partial charge in [-0.05, 0) is 30.3 Å². The average Bonchev–Trinajstić information content (AvgIpc) is 2.49. The number of rotatable bonds is 5. The average molecular weight is 308 g/mol. The lowest BCUT2D eigenvalue weighted by Gasteiger charge is -2.09. The van der Waals surface area contributed by atoms with Crippen LogP contribution >= 0.6 is 11.6 Å². The van der Waals surface area contributed by atoms with Crippen molar-refractivity contribution >= 4 is 23.6 Å². The largest absolute Gasteiger partial charge is 0.497 e. The molecule has 0 saturated carbocycles. The Bertz CT molecular complexity index is 702. The van der Waals surface area contributed by atoms with E-state index in [0.29, 0.717) is 12.0 Å². The van der Waals surface area contributed by atoms with Crippen molar-refractivity contribution in [2.24, 2.45) is 0 Å². The molecule has 0 bridgehead atoms. The fraction of sp³-hybridized carbons (Fsp3) is 0.0714. The SMILES string of the molecule is COc1ccc(Oc2ccc(Cl)cc2[N+](=O)[O-])c(C=O)c1. The molecule has 0 atom stereocenters. The van der Waals surface area contributed by atoms with Gasteiger partial charge in [-0.1, -0.05) is 11.6 Å². The number of nitro benzene ring substituents is 1. The van der Waals surface area contributed by atoms with Crippen molar-refractivity contribution in [1.29, 1.82) is 0 Å². The zero-order chi connectivity index (χ0) is 15.4. The van der Waals surface area contributed by atoms with Gasteiger partial charge in [-0.2, -0.15) is 0 Å². The molecule has 0 aliphatic heterocycles. The monoisotopic (exact) mass is 307 g/mol. The Kier molecular flexibility index (Phi) is 4.39. The van der Waals surface area contributed by atoms with E-state index in [2.05, 4.69) is 0 Å². The van der Waals surface area contributed by atoms with Crippen LogP contribution in [0.3, 0.4) is 0 Å². The van der Waals surface area contributed by atoms with Crippen molar-refractivity contribution in [3.05, 3.63) is 57.1 Å². The molecule has 0 N–H and O–H groups in total. The summed E-state index contributed by atoms with van der Waals surface area (Å²) in [6.45, 7) is 0. The van der Waals surface area contributed by atoms with Crippen molar-refractivity contribution in [3.63, 3.8) is 0 Å². The molecule has 6 nitrogen and oxygen atoms in total. The Labute approximate surface area is 125 Å². The van der Waals surface area contributed by atoms with Crippen molar-refractivity contribution in [2.75, 3.05) is 7.11 Å². The number of ether oxygens (including phenoxy) is 2. The highest BCUT2D eigenvalue weighted by molar-refractivity contribution is 6.30. The normalized spacial score (nSPS) is 10.0. The molecule has 2 aromatic carbocycles. The number of methoxy groups -OCH3 is 1. The maximum atomic E-state index is 11.1. The molecule has 0 unspecified atom stereocenters. The maximum absolute atomic E-state index is 11.1. The molecule has 21 heavy (non-hydrogen) atoms. The van der Waals surface area contributed by atoms with Crippen LogP contribution in [0.5, 0.6) is 17.2 Å². The van der Waals surface area contributed by atoms with Crippen LogP contribution in [-0.2, 0) is 0 Å². The molecule has 0 aliphatic carbocycles. The Morgan fingerprint density at radius 2 is 1.90 bits per heavy atom. The Morgan fingerprint density at radius 1 is 1.19 bits per heavy atom. The van der Waals surface area contributed by atoms with E-state index in [1.54, 1.807) is 6.07 Å². The highest BCUT2D eigenvalue weighted by Crippen LogP contribution is 2.35. The van der Waals surface area contributed by atoms with Gasteiger partial charge in [0.2, 0.25) is 5.75 Å². The number of hydrogen-bond acceptors (Lipinski definition) is 5. The van der Waals surface area contributed by atoms with E-state index < -0.39 is 4.92 Å². The van der Waals surface area contributed by atoms with Gasteiger partial charge in [-0.15, -0.1) is 0 Å². The number of carbonyl (C=O) groups is 1. The highest BCUT2D eigenvalue weighted by Gasteiger charge is 2.17. The van der Waals surface area contributed by atoms with Crippen molar-refractivity contribution in [2.45, 2.75) is 0 Å². The molecule has 108 valence electrons. The lowest BCUT2D eigenvalue weighted by Crippen LogP contribution is -1.96. The van der Waals surface area contributed by atoms with Crippen LogP contribution in [0.15, 0.2) is 36.4 Å². The first kappa shape index (κ1) is 14.8. The molecule has 0 radical (unpaired) electrons. The molecule has 0 amide bonds. The van der Waals surface area contributed by atoms with Crippen molar-refractivity contribution in [1.82, 2.24) is 0 Å². The summed E-state index contributed by atoms with van der Waals surface area (Å²) < 4.78 is 10.5. The van der Waals surface area contributed by atoms with Crippen LogP contribution in [0.4, 0.5) is 5.69 Å². The molecular weight excluding hydrogens is 298 g/mol. The first-order chi connectivity index (χ1) is 10.0. The van der Waals surface area contributed by atoms with E-state index in [1.165, 1.54) is 37.4 Å². The van der Waals surface area contributed by atoms with Crippen molar-refractivity contribution in [3.8, 4) is 17.2 Å². The number of nitrogens with zero attached hydrogens (tertiary/aromatic N) is 1. The van der Waals surface area contributed by atoms with Gasteiger partial charge in [0.05, 0.1) is 17.6 Å². The minimum atomic E-state index is -0.606. The van der Waals surface area contributed by atoms with Gasteiger partial charge in [0, 0.05) is 11.1 Å². The van der Waals surface area contributed by atoms with Crippen molar-refractivity contribution < 1.29 is 19.2 Å². The minimum absolute atomic E-state index is 0.00216. The molecule has 2 rings (SSSR count). The number of carbonyl (C=O) groups excluding carboxylic acids is 1. The number of nitro groups is 1. The third-order valence-electron chi connectivity index (χ3n) is 2.68. The third kappa shape index (κ3) is 3.29. The number of halogens is 1.